The standard InChI is InChI=1S/C28H29N3O2/c1-18-9-12-21(13-10-18)26-27(31(17-29-26)22-6-4-5-7-22)24-14-15-25(33-24)28(32)30-23-16-19(2)8-11-20(23)3/h8-17,22H,4-7H2,1-3H3,(H,30,32). The topological polar surface area (TPSA) is 60.1 Å². The van der Waals surface area contributed by atoms with Gasteiger partial charge in [0.1, 0.15) is 5.69 Å². The highest BCUT2D eigenvalue weighted by atomic mass is 16.4. The van der Waals surface area contributed by atoms with Gasteiger partial charge >= 0.3 is 0 Å². The van der Waals surface area contributed by atoms with E-state index in [1.165, 1.54) is 18.4 Å². The zero-order chi connectivity index (χ0) is 22.9. The summed E-state index contributed by atoms with van der Waals surface area (Å²) in [5.41, 5.74) is 6.99. The van der Waals surface area contributed by atoms with Crippen molar-refractivity contribution in [1.29, 1.82) is 0 Å². The number of nitrogens with one attached hydrogen (secondary N) is 1. The molecule has 2 aromatic heterocycles. The second kappa shape index (κ2) is 8.74. The molecule has 168 valence electrons. The first-order valence-corrected chi connectivity index (χ1v) is 11.6. The van der Waals surface area contributed by atoms with E-state index in [1.807, 2.05) is 44.4 Å². The Morgan fingerprint density at radius 3 is 2.45 bits per heavy atom. The van der Waals surface area contributed by atoms with Gasteiger partial charge in [0.25, 0.3) is 5.91 Å². The molecule has 0 saturated heterocycles. The van der Waals surface area contributed by atoms with Gasteiger partial charge in [0.05, 0.1) is 12.0 Å². The van der Waals surface area contributed by atoms with Gasteiger partial charge in [-0.1, -0.05) is 54.8 Å². The van der Waals surface area contributed by atoms with Crippen molar-refractivity contribution in [1.82, 2.24) is 9.55 Å². The fraction of sp³-hybridized carbons (Fsp3) is 0.286. The Labute approximate surface area is 194 Å². The van der Waals surface area contributed by atoms with Crippen molar-refractivity contribution >= 4 is 11.6 Å². The first-order chi connectivity index (χ1) is 16.0. The Hall–Kier alpha value is -3.60. The lowest BCUT2D eigenvalue weighted by Gasteiger charge is -2.15. The SMILES string of the molecule is Cc1ccc(-c2ncn(C3CCCC3)c2-c2ccc(C(=O)Nc3cc(C)ccc3C)o2)cc1. The summed E-state index contributed by atoms with van der Waals surface area (Å²) in [5.74, 6) is 0.708. The summed E-state index contributed by atoms with van der Waals surface area (Å²) in [6.45, 7) is 6.07. The van der Waals surface area contributed by atoms with E-state index in [0.717, 1.165) is 46.6 Å². The van der Waals surface area contributed by atoms with Gasteiger partial charge in [0.15, 0.2) is 11.5 Å². The van der Waals surface area contributed by atoms with Crippen LogP contribution in [0.1, 0.15) is 59.0 Å². The third-order valence-corrected chi connectivity index (χ3v) is 6.54. The lowest BCUT2D eigenvalue weighted by Crippen LogP contribution is -2.12. The van der Waals surface area contributed by atoms with E-state index in [4.69, 9.17) is 9.40 Å². The zero-order valence-corrected chi connectivity index (χ0v) is 19.4. The van der Waals surface area contributed by atoms with Gasteiger partial charge in [-0.2, -0.15) is 0 Å². The third kappa shape index (κ3) is 4.23. The molecule has 33 heavy (non-hydrogen) atoms. The van der Waals surface area contributed by atoms with Gasteiger partial charge < -0.3 is 14.3 Å². The molecule has 1 saturated carbocycles. The van der Waals surface area contributed by atoms with Crippen LogP contribution in [0.3, 0.4) is 0 Å². The van der Waals surface area contributed by atoms with Crippen molar-refractivity contribution < 1.29 is 9.21 Å². The average molecular weight is 440 g/mol. The fourth-order valence-electron chi connectivity index (χ4n) is 4.63. The van der Waals surface area contributed by atoms with Crippen LogP contribution < -0.4 is 5.32 Å². The Kier molecular flexibility index (Phi) is 5.63. The Bertz CT molecular complexity index is 1290. The smallest absolute Gasteiger partial charge is 0.291 e. The van der Waals surface area contributed by atoms with Gasteiger partial charge in [-0.05, 0) is 62.9 Å². The maximum atomic E-state index is 13.0. The summed E-state index contributed by atoms with van der Waals surface area (Å²) in [7, 11) is 0. The number of imidazole rings is 1. The minimum Gasteiger partial charge on any atom is -0.449 e. The van der Waals surface area contributed by atoms with Crippen LogP contribution in [0.25, 0.3) is 22.7 Å². The Morgan fingerprint density at radius 1 is 0.970 bits per heavy atom. The summed E-state index contributed by atoms with van der Waals surface area (Å²) >= 11 is 0. The number of benzene rings is 2. The molecule has 1 amide bonds. The number of amides is 1. The van der Waals surface area contributed by atoms with Crippen molar-refractivity contribution in [3.05, 3.63) is 83.4 Å². The van der Waals surface area contributed by atoms with Gasteiger partial charge in [-0.15, -0.1) is 0 Å². The zero-order valence-electron chi connectivity index (χ0n) is 19.4. The van der Waals surface area contributed by atoms with Crippen LogP contribution in [0.5, 0.6) is 0 Å². The molecule has 2 heterocycles. The monoisotopic (exact) mass is 439 g/mol. The number of hydrogen-bond donors (Lipinski definition) is 1. The van der Waals surface area contributed by atoms with Crippen molar-refractivity contribution in [3.63, 3.8) is 0 Å². The highest BCUT2D eigenvalue weighted by Gasteiger charge is 2.26. The molecule has 4 aromatic rings. The van der Waals surface area contributed by atoms with Crippen LogP contribution in [0.2, 0.25) is 0 Å². The van der Waals surface area contributed by atoms with Crippen LogP contribution in [0.15, 0.2) is 65.3 Å². The Balaban J connectivity index is 1.51. The van der Waals surface area contributed by atoms with E-state index in [9.17, 15) is 4.79 Å². The van der Waals surface area contributed by atoms with Crippen LogP contribution >= 0.6 is 0 Å². The maximum Gasteiger partial charge on any atom is 0.291 e. The largest absolute Gasteiger partial charge is 0.449 e. The molecule has 5 rings (SSSR count). The molecule has 2 aromatic carbocycles. The first-order valence-electron chi connectivity index (χ1n) is 11.6. The molecule has 0 unspecified atom stereocenters. The quantitative estimate of drug-likeness (QED) is 0.361. The summed E-state index contributed by atoms with van der Waals surface area (Å²) < 4.78 is 8.39. The molecule has 1 fully saturated rings. The van der Waals surface area contributed by atoms with Gasteiger partial charge in [-0.3, -0.25) is 4.79 Å². The summed E-state index contributed by atoms with van der Waals surface area (Å²) in [6, 6.07) is 18.4. The van der Waals surface area contributed by atoms with Crippen LogP contribution in [-0.2, 0) is 0 Å². The average Bonchev–Trinajstić information content (AvgIpc) is 3.56. The van der Waals surface area contributed by atoms with Crippen molar-refractivity contribution in [2.24, 2.45) is 0 Å². The predicted molar refractivity (Wildman–Crippen MR) is 131 cm³/mol. The van der Waals surface area contributed by atoms with E-state index >= 15 is 0 Å². The number of nitrogens with zero attached hydrogens (tertiary/aromatic N) is 2. The number of anilines is 1. The molecule has 1 N–H and O–H groups in total. The molecule has 0 atom stereocenters. The van der Waals surface area contributed by atoms with E-state index < -0.39 is 0 Å². The number of aryl methyl sites for hydroxylation is 3. The van der Waals surface area contributed by atoms with Crippen LogP contribution in [-0.4, -0.2) is 15.5 Å². The molecule has 0 aliphatic heterocycles. The molecule has 0 radical (unpaired) electrons. The minimum atomic E-state index is -0.251. The van der Waals surface area contributed by atoms with E-state index in [1.54, 1.807) is 6.07 Å². The van der Waals surface area contributed by atoms with Crippen molar-refractivity contribution in [2.75, 3.05) is 5.32 Å². The molecule has 5 heteroatoms. The summed E-state index contributed by atoms with van der Waals surface area (Å²) in [5, 5.41) is 2.99. The second-order valence-electron chi connectivity index (χ2n) is 9.09. The van der Waals surface area contributed by atoms with Gasteiger partial charge in [0, 0.05) is 17.3 Å². The number of rotatable bonds is 5. The van der Waals surface area contributed by atoms with E-state index in [0.29, 0.717) is 17.6 Å². The van der Waals surface area contributed by atoms with E-state index in [2.05, 4.69) is 41.1 Å². The van der Waals surface area contributed by atoms with E-state index in [-0.39, 0.29) is 5.91 Å². The third-order valence-electron chi connectivity index (χ3n) is 6.54. The molecular weight excluding hydrogens is 410 g/mol. The number of carbonyl (C=O) groups excluding carboxylic acids is 1. The second-order valence-corrected chi connectivity index (χ2v) is 9.09. The molecule has 1 aliphatic rings. The number of aromatic nitrogens is 2. The molecule has 1 aliphatic carbocycles. The molecular formula is C28H29N3O2. The Morgan fingerprint density at radius 2 is 1.70 bits per heavy atom. The summed E-state index contributed by atoms with van der Waals surface area (Å²) in [4.78, 5) is 17.7. The fourth-order valence-corrected chi connectivity index (χ4v) is 4.63. The first kappa shape index (κ1) is 21.3. The number of furan rings is 1. The summed E-state index contributed by atoms with van der Waals surface area (Å²) in [6.07, 6.45) is 6.65. The molecule has 0 spiro atoms. The maximum absolute atomic E-state index is 13.0. The number of hydrogen-bond acceptors (Lipinski definition) is 3. The normalized spacial score (nSPS) is 14.0. The highest BCUT2D eigenvalue weighted by molar-refractivity contribution is 6.03. The van der Waals surface area contributed by atoms with Crippen LogP contribution in [0.4, 0.5) is 5.69 Å². The van der Waals surface area contributed by atoms with Gasteiger partial charge in [0.2, 0.25) is 0 Å². The van der Waals surface area contributed by atoms with Crippen molar-refractivity contribution in [2.45, 2.75) is 52.5 Å². The van der Waals surface area contributed by atoms with Crippen LogP contribution in [0, 0.1) is 20.8 Å². The van der Waals surface area contributed by atoms with Crippen molar-refractivity contribution in [3.8, 4) is 22.7 Å². The predicted octanol–water partition coefficient (Wildman–Crippen LogP) is 7.10. The number of carbonyl (C=O) groups is 1. The molecule has 0 bridgehead atoms. The van der Waals surface area contributed by atoms with Gasteiger partial charge in [-0.25, -0.2) is 4.98 Å². The minimum absolute atomic E-state index is 0.251. The highest BCUT2D eigenvalue weighted by Crippen LogP contribution is 2.39. The lowest BCUT2D eigenvalue weighted by atomic mass is 10.1. The lowest BCUT2D eigenvalue weighted by molar-refractivity contribution is 0.0997. The molecule has 5 nitrogen and oxygen atoms in total.